The summed E-state index contributed by atoms with van der Waals surface area (Å²) in [5, 5.41) is 4.52. The number of halogens is 2. The van der Waals surface area contributed by atoms with Gasteiger partial charge in [-0.2, -0.15) is 0 Å². The van der Waals surface area contributed by atoms with Gasteiger partial charge in [0.15, 0.2) is 0 Å². The number of allylic oxidation sites excluding steroid dienone is 1. The molecule has 2 aliphatic carbocycles. The van der Waals surface area contributed by atoms with E-state index in [1.807, 2.05) is 6.92 Å². The van der Waals surface area contributed by atoms with Crippen LogP contribution in [0.3, 0.4) is 0 Å². The highest BCUT2D eigenvalue weighted by Gasteiger charge is 2.34. The number of rotatable bonds is 6. The van der Waals surface area contributed by atoms with E-state index in [2.05, 4.69) is 22.9 Å². The third-order valence-corrected chi connectivity index (χ3v) is 7.04. The lowest BCUT2D eigenvalue weighted by Crippen LogP contribution is -2.34. The fourth-order valence-electron chi connectivity index (χ4n) is 4.99. The number of aromatic nitrogens is 1. The fourth-order valence-corrected chi connectivity index (χ4v) is 4.99. The number of aryl methyl sites for hydroxylation is 1. The molecular weight excluding hydrogens is 378 g/mol. The summed E-state index contributed by atoms with van der Waals surface area (Å²) in [4.78, 5) is 3.31. The van der Waals surface area contributed by atoms with E-state index in [9.17, 15) is 8.78 Å². The number of nitrogens with one attached hydrogen (secondary N) is 2. The molecule has 0 saturated heterocycles. The van der Waals surface area contributed by atoms with Crippen molar-refractivity contribution in [3.05, 3.63) is 71.4 Å². The molecule has 2 fully saturated rings. The van der Waals surface area contributed by atoms with Gasteiger partial charge in [0.1, 0.15) is 11.6 Å². The molecule has 0 atom stereocenters. The van der Waals surface area contributed by atoms with Crippen LogP contribution in [0, 0.1) is 30.4 Å². The average Bonchev–Trinajstić information content (AvgIpc) is 2.99. The lowest BCUT2D eigenvalue weighted by atomic mass is 9.70. The monoisotopic (exact) mass is 406 g/mol. The molecule has 0 spiro atoms. The maximum absolute atomic E-state index is 14.7. The van der Waals surface area contributed by atoms with E-state index in [1.54, 1.807) is 18.2 Å². The van der Waals surface area contributed by atoms with Crippen molar-refractivity contribution in [3.8, 4) is 11.3 Å². The molecule has 2 N–H and O–H groups in total. The summed E-state index contributed by atoms with van der Waals surface area (Å²) in [7, 11) is 0. The Morgan fingerprint density at radius 3 is 2.53 bits per heavy atom. The van der Waals surface area contributed by atoms with Crippen molar-refractivity contribution in [1.82, 2.24) is 10.3 Å². The molecule has 0 amide bonds. The van der Waals surface area contributed by atoms with Crippen LogP contribution < -0.4 is 5.32 Å². The standard InChI is InChI=1S/C26H28F2N2/c1-15-10-22-24(20-12-17(13-20)14-29-16(2)18-4-3-5-18)25(30-26(22)23(28)11-15)19-6-8-21(27)9-7-19/h6-11,17-18,20,29-30H,2-5,12-14H2,1H3. The van der Waals surface area contributed by atoms with Gasteiger partial charge in [0, 0.05) is 17.6 Å². The Kier molecular flexibility index (Phi) is 4.88. The normalized spacial score (nSPS) is 21.3. The molecule has 1 heterocycles. The van der Waals surface area contributed by atoms with E-state index >= 15 is 0 Å². The molecule has 2 aromatic carbocycles. The molecule has 4 heteroatoms. The van der Waals surface area contributed by atoms with Crippen LogP contribution in [0.1, 0.15) is 49.1 Å². The van der Waals surface area contributed by atoms with Crippen molar-refractivity contribution < 1.29 is 8.78 Å². The summed E-state index contributed by atoms with van der Waals surface area (Å²) < 4.78 is 28.2. The average molecular weight is 407 g/mol. The zero-order chi connectivity index (χ0) is 20.8. The molecule has 30 heavy (non-hydrogen) atoms. The number of benzene rings is 2. The van der Waals surface area contributed by atoms with Crippen LogP contribution in [-0.4, -0.2) is 11.5 Å². The number of fused-ring (bicyclic) bond motifs is 1. The Hall–Kier alpha value is -2.62. The fraction of sp³-hybridized carbons (Fsp3) is 0.385. The predicted octanol–water partition coefficient (Wildman–Crippen LogP) is 6.82. The first kappa shape index (κ1) is 19.3. The summed E-state index contributed by atoms with van der Waals surface area (Å²) in [6.45, 7) is 7.10. The number of aromatic amines is 1. The van der Waals surface area contributed by atoms with Gasteiger partial charge in [-0.3, -0.25) is 0 Å². The minimum atomic E-state index is -0.264. The highest BCUT2D eigenvalue weighted by Crippen LogP contribution is 2.48. The van der Waals surface area contributed by atoms with Crippen molar-refractivity contribution >= 4 is 10.9 Å². The van der Waals surface area contributed by atoms with E-state index in [0.29, 0.717) is 23.3 Å². The second-order valence-electron chi connectivity index (χ2n) is 9.16. The molecule has 2 nitrogen and oxygen atoms in total. The van der Waals surface area contributed by atoms with Gasteiger partial charge in [-0.1, -0.05) is 13.0 Å². The van der Waals surface area contributed by atoms with Crippen LogP contribution in [0.15, 0.2) is 48.7 Å². The summed E-state index contributed by atoms with van der Waals surface area (Å²) in [5.74, 6) is 1.15. The Labute approximate surface area is 176 Å². The smallest absolute Gasteiger partial charge is 0.147 e. The lowest BCUT2D eigenvalue weighted by molar-refractivity contribution is 0.253. The second kappa shape index (κ2) is 7.57. The van der Waals surface area contributed by atoms with Gasteiger partial charge in [0.25, 0.3) is 0 Å². The maximum atomic E-state index is 14.7. The van der Waals surface area contributed by atoms with Crippen molar-refractivity contribution in [2.24, 2.45) is 11.8 Å². The Bertz CT molecular complexity index is 1090. The van der Waals surface area contributed by atoms with Crippen LogP contribution in [-0.2, 0) is 0 Å². The van der Waals surface area contributed by atoms with Crippen LogP contribution in [0.4, 0.5) is 8.78 Å². The first-order valence-electron chi connectivity index (χ1n) is 11.0. The quantitative estimate of drug-likeness (QED) is 0.462. The minimum absolute atomic E-state index is 0.228. The summed E-state index contributed by atoms with van der Waals surface area (Å²) in [6, 6.07) is 10.1. The van der Waals surface area contributed by atoms with Crippen LogP contribution in [0.25, 0.3) is 22.2 Å². The molecule has 5 rings (SSSR count). The van der Waals surface area contributed by atoms with Crippen LogP contribution in [0.2, 0.25) is 0 Å². The third kappa shape index (κ3) is 3.42. The first-order chi connectivity index (χ1) is 14.5. The second-order valence-corrected chi connectivity index (χ2v) is 9.16. The van der Waals surface area contributed by atoms with Crippen LogP contribution in [0.5, 0.6) is 0 Å². The van der Waals surface area contributed by atoms with Gasteiger partial charge in [-0.25, -0.2) is 8.78 Å². The SMILES string of the molecule is C=C(NCC1CC(c2c(-c3ccc(F)cc3)[nH]c3c(F)cc(C)cc23)C1)C1CCC1. The van der Waals surface area contributed by atoms with E-state index in [-0.39, 0.29) is 11.6 Å². The van der Waals surface area contributed by atoms with Crippen LogP contribution >= 0.6 is 0 Å². The zero-order valence-corrected chi connectivity index (χ0v) is 17.4. The van der Waals surface area contributed by atoms with E-state index in [1.165, 1.54) is 42.7 Å². The molecular formula is C26H28F2N2. The van der Waals surface area contributed by atoms with Crippen molar-refractivity contribution in [1.29, 1.82) is 0 Å². The Morgan fingerprint density at radius 2 is 1.87 bits per heavy atom. The minimum Gasteiger partial charge on any atom is -0.388 e. The summed E-state index contributed by atoms with van der Waals surface area (Å²) >= 11 is 0. The molecule has 0 radical (unpaired) electrons. The van der Waals surface area contributed by atoms with Crippen molar-refractivity contribution in [3.63, 3.8) is 0 Å². The number of hydrogen-bond donors (Lipinski definition) is 2. The molecule has 3 aromatic rings. The topological polar surface area (TPSA) is 27.8 Å². The van der Waals surface area contributed by atoms with Gasteiger partial charge in [0.2, 0.25) is 0 Å². The van der Waals surface area contributed by atoms with Crippen molar-refractivity contribution in [2.75, 3.05) is 6.54 Å². The van der Waals surface area contributed by atoms with Gasteiger partial charge in [-0.05, 0) is 103 Å². The van der Waals surface area contributed by atoms with Gasteiger partial charge < -0.3 is 10.3 Å². The summed E-state index contributed by atoms with van der Waals surface area (Å²) in [6.07, 6.45) is 5.99. The number of H-pyrrole nitrogens is 1. The van der Waals surface area contributed by atoms with Gasteiger partial charge in [-0.15, -0.1) is 0 Å². The number of hydrogen-bond acceptors (Lipinski definition) is 1. The maximum Gasteiger partial charge on any atom is 0.147 e. The molecule has 2 aliphatic rings. The summed E-state index contributed by atoms with van der Waals surface area (Å²) in [5.41, 5.74) is 5.66. The largest absolute Gasteiger partial charge is 0.388 e. The molecule has 2 saturated carbocycles. The highest BCUT2D eigenvalue weighted by molar-refractivity contribution is 5.92. The molecule has 156 valence electrons. The van der Waals surface area contributed by atoms with E-state index in [0.717, 1.165) is 41.6 Å². The lowest BCUT2D eigenvalue weighted by Gasteiger charge is -2.38. The molecule has 1 aromatic heterocycles. The highest BCUT2D eigenvalue weighted by atomic mass is 19.1. The molecule has 0 bridgehead atoms. The van der Waals surface area contributed by atoms with Gasteiger partial charge in [0.05, 0.1) is 11.2 Å². The van der Waals surface area contributed by atoms with Gasteiger partial charge >= 0.3 is 0 Å². The third-order valence-electron chi connectivity index (χ3n) is 7.04. The predicted molar refractivity (Wildman–Crippen MR) is 118 cm³/mol. The molecule has 0 unspecified atom stereocenters. The van der Waals surface area contributed by atoms with Crippen molar-refractivity contribution in [2.45, 2.75) is 44.9 Å². The Balaban J connectivity index is 1.41. The first-order valence-corrected chi connectivity index (χ1v) is 11.0. The Morgan fingerprint density at radius 1 is 1.13 bits per heavy atom. The zero-order valence-electron chi connectivity index (χ0n) is 17.4. The molecule has 0 aliphatic heterocycles. The van der Waals surface area contributed by atoms with E-state index < -0.39 is 0 Å². The van der Waals surface area contributed by atoms with E-state index in [4.69, 9.17) is 0 Å².